The van der Waals surface area contributed by atoms with Gasteiger partial charge in [-0.1, -0.05) is 0 Å². The zero-order chi connectivity index (χ0) is 18.7. The number of urea groups is 1. The van der Waals surface area contributed by atoms with Crippen molar-refractivity contribution in [3.8, 4) is 11.6 Å². The van der Waals surface area contributed by atoms with Crippen molar-refractivity contribution in [1.29, 1.82) is 0 Å². The summed E-state index contributed by atoms with van der Waals surface area (Å²) in [6.45, 7) is 1.79. The number of nitrogens with two attached hydrogens (primary N) is 1. The molecule has 1 aromatic carbocycles. The number of nitrogens with zero attached hydrogens (tertiary/aromatic N) is 4. The Labute approximate surface area is 150 Å². The third-order valence-electron chi connectivity index (χ3n) is 4.28. The van der Waals surface area contributed by atoms with Gasteiger partial charge in [0.05, 0.1) is 0 Å². The van der Waals surface area contributed by atoms with Gasteiger partial charge in [-0.3, -0.25) is 5.32 Å². The maximum Gasteiger partial charge on any atom is 0.323 e. The summed E-state index contributed by atoms with van der Waals surface area (Å²) < 4.78 is 19.2. The first-order chi connectivity index (χ1) is 12.4. The third-order valence-corrected chi connectivity index (χ3v) is 4.28. The van der Waals surface area contributed by atoms with Crippen molar-refractivity contribution in [2.24, 2.45) is 0 Å². The van der Waals surface area contributed by atoms with E-state index in [-0.39, 0.29) is 29.5 Å². The first-order valence-corrected chi connectivity index (χ1v) is 8.19. The zero-order valence-electron chi connectivity index (χ0n) is 14.6. The van der Waals surface area contributed by atoms with E-state index in [1.165, 1.54) is 24.5 Å². The van der Waals surface area contributed by atoms with Crippen molar-refractivity contribution < 1.29 is 13.9 Å². The lowest BCUT2D eigenvalue weighted by atomic mass is 10.2. The van der Waals surface area contributed by atoms with Crippen LogP contribution in [0.25, 0.3) is 0 Å². The van der Waals surface area contributed by atoms with Crippen LogP contribution in [0.3, 0.4) is 0 Å². The highest BCUT2D eigenvalue weighted by Gasteiger charge is 2.26. The number of rotatable bonds is 4. The number of hydrogen-bond donors (Lipinski definition) is 2. The molecule has 0 unspecified atom stereocenters. The molecule has 1 aromatic heterocycles. The second kappa shape index (κ2) is 7.52. The van der Waals surface area contributed by atoms with E-state index in [1.807, 2.05) is 7.05 Å². The van der Waals surface area contributed by atoms with E-state index in [2.05, 4.69) is 20.2 Å². The molecule has 1 fully saturated rings. The number of aromatic nitrogens is 2. The van der Waals surface area contributed by atoms with Crippen molar-refractivity contribution >= 4 is 17.5 Å². The molecule has 0 radical (unpaired) electrons. The summed E-state index contributed by atoms with van der Waals surface area (Å²) in [5, 5.41) is 2.71. The van der Waals surface area contributed by atoms with Crippen LogP contribution in [-0.4, -0.2) is 59.0 Å². The number of likely N-dealkylation sites (tertiary alicyclic amines) is 1. The molecule has 2 amide bonds. The van der Waals surface area contributed by atoms with Gasteiger partial charge >= 0.3 is 6.03 Å². The smallest absolute Gasteiger partial charge is 0.323 e. The number of likely N-dealkylation sites (N-methyl/N-ethyl adjacent to an activating group) is 2. The molecule has 3 N–H and O–H groups in total. The van der Waals surface area contributed by atoms with E-state index in [0.717, 1.165) is 25.6 Å². The summed E-state index contributed by atoms with van der Waals surface area (Å²) in [5.74, 6) is -0.225. The quantitative estimate of drug-likeness (QED) is 0.811. The normalized spacial score (nSPS) is 17.1. The maximum atomic E-state index is 13.8. The van der Waals surface area contributed by atoms with Gasteiger partial charge < -0.3 is 20.3 Å². The Hall–Kier alpha value is -2.94. The van der Waals surface area contributed by atoms with Crippen LogP contribution in [0, 0.1) is 5.82 Å². The van der Waals surface area contributed by atoms with Crippen molar-refractivity contribution in [2.45, 2.75) is 12.5 Å². The number of anilines is 2. The van der Waals surface area contributed by atoms with E-state index in [9.17, 15) is 9.18 Å². The fraction of sp³-hybridized carbons (Fsp3) is 0.353. The summed E-state index contributed by atoms with van der Waals surface area (Å²) in [7, 11) is 3.78. The number of nitrogens with one attached hydrogen (secondary N) is 1. The highest BCUT2D eigenvalue weighted by atomic mass is 19.1. The van der Waals surface area contributed by atoms with Gasteiger partial charge in [0.15, 0.2) is 11.6 Å². The van der Waals surface area contributed by atoms with Crippen LogP contribution in [0.2, 0.25) is 0 Å². The van der Waals surface area contributed by atoms with Crippen molar-refractivity contribution in [1.82, 2.24) is 19.8 Å². The Bertz CT molecular complexity index is 803. The Morgan fingerprint density at radius 2 is 2.23 bits per heavy atom. The number of hydrogen-bond acceptors (Lipinski definition) is 6. The predicted octanol–water partition coefficient (Wildman–Crippen LogP) is 2.16. The zero-order valence-corrected chi connectivity index (χ0v) is 14.6. The van der Waals surface area contributed by atoms with E-state index >= 15 is 0 Å². The Morgan fingerprint density at radius 1 is 1.42 bits per heavy atom. The molecule has 0 bridgehead atoms. The van der Waals surface area contributed by atoms with E-state index in [1.54, 1.807) is 11.9 Å². The molecular formula is C17H21FN6O2. The summed E-state index contributed by atoms with van der Waals surface area (Å²) in [6, 6.07) is 5.41. The van der Waals surface area contributed by atoms with Gasteiger partial charge in [-0.25, -0.2) is 19.2 Å². The van der Waals surface area contributed by atoms with Crippen molar-refractivity contribution in [2.75, 3.05) is 38.2 Å². The van der Waals surface area contributed by atoms with Crippen molar-refractivity contribution in [3.05, 3.63) is 36.4 Å². The van der Waals surface area contributed by atoms with Gasteiger partial charge in [-0.15, -0.1) is 0 Å². The number of carbonyl (C=O) groups is 1. The molecule has 2 aromatic rings. The summed E-state index contributed by atoms with van der Waals surface area (Å²) in [6.07, 6.45) is 2.17. The van der Waals surface area contributed by atoms with Gasteiger partial charge in [-0.2, -0.15) is 0 Å². The number of halogens is 1. The molecule has 8 nitrogen and oxygen atoms in total. The number of benzene rings is 1. The summed E-state index contributed by atoms with van der Waals surface area (Å²) in [5.41, 5.74) is 5.81. The molecule has 9 heteroatoms. The Kier molecular flexibility index (Phi) is 5.17. The lowest BCUT2D eigenvalue weighted by Crippen LogP contribution is -2.41. The van der Waals surface area contributed by atoms with E-state index in [0.29, 0.717) is 5.69 Å². The minimum absolute atomic E-state index is 0.0127. The molecule has 0 spiro atoms. The number of carbonyl (C=O) groups excluding carboxylic acids is 1. The van der Waals surface area contributed by atoms with Crippen LogP contribution in [0.4, 0.5) is 20.7 Å². The van der Waals surface area contributed by atoms with Gasteiger partial charge in [-0.05, 0) is 32.1 Å². The average Bonchev–Trinajstić information content (AvgIpc) is 3.03. The van der Waals surface area contributed by atoms with Gasteiger partial charge in [0.1, 0.15) is 12.1 Å². The summed E-state index contributed by atoms with van der Waals surface area (Å²) in [4.78, 5) is 24.2. The number of nitrogen functional groups attached to an aromatic ring is 1. The molecule has 138 valence electrons. The molecule has 0 saturated carbocycles. The first kappa shape index (κ1) is 17.9. The molecular weight excluding hydrogens is 339 g/mol. The van der Waals surface area contributed by atoms with Crippen LogP contribution in [-0.2, 0) is 0 Å². The van der Waals surface area contributed by atoms with E-state index in [4.69, 9.17) is 10.5 Å². The van der Waals surface area contributed by atoms with E-state index < -0.39 is 5.82 Å². The first-order valence-electron chi connectivity index (χ1n) is 8.19. The third kappa shape index (κ3) is 4.17. The molecule has 3 rings (SSSR count). The van der Waals surface area contributed by atoms with Gasteiger partial charge in [0, 0.05) is 37.5 Å². The predicted molar refractivity (Wildman–Crippen MR) is 95.6 cm³/mol. The monoisotopic (exact) mass is 360 g/mol. The molecule has 2 heterocycles. The standard InChI is InChI=1S/C17H21FN6O2/c1-23-6-5-12(9-23)24(2)17(25)22-15-8-16(21-10-20-15)26-14-4-3-11(19)7-13(14)18/h3-4,7-8,10,12H,5-6,9,19H2,1-2H3,(H,20,21,22,25)/t12-/m1/s1. The second-order valence-electron chi connectivity index (χ2n) is 6.28. The van der Waals surface area contributed by atoms with Crippen LogP contribution < -0.4 is 15.8 Å². The van der Waals surface area contributed by atoms with Crippen LogP contribution in [0.15, 0.2) is 30.6 Å². The Balaban J connectivity index is 1.66. The number of amides is 2. The highest BCUT2D eigenvalue weighted by molar-refractivity contribution is 5.88. The average molecular weight is 360 g/mol. The van der Waals surface area contributed by atoms with Gasteiger partial charge in [0.2, 0.25) is 5.88 Å². The lowest BCUT2D eigenvalue weighted by Gasteiger charge is -2.24. The minimum atomic E-state index is -0.598. The topological polar surface area (TPSA) is 96.6 Å². The van der Waals surface area contributed by atoms with Gasteiger partial charge in [0.25, 0.3) is 0 Å². The second-order valence-corrected chi connectivity index (χ2v) is 6.28. The minimum Gasteiger partial charge on any atom is -0.436 e. The van der Waals surface area contributed by atoms with Crippen LogP contribution in [0.5, 0.6) is 11.6 Å². The largest absolute Gasteiger partial charge is 0.436 e. The molecule has 1 atom stereocenters. The van der Waals surface area contributed by atoms with Crippen LogP contribution in [0.1, 0.15) is 6.42 Å². The number of ether oxygens (including phenoxy) is 1. The molecule has 26 heavy (non-hydrogen) atoms. The maximum absolute atomic E-state index is 13.8. The Morgan fingerprint density at radius 3 is 2.92 bits per heavy atom. The lowest BCUT2D eigenvalue weighted by molar-refractivity contribution is 0.204. The molecule has 0 aliphatic carbocycles. The fourth-order valence-corrected chi connectivity index (χ4v) is 2.77. The highest BCUT2D eigenvalue weighted by Crippen LogP contribution is 2.25. The van der Waals surface area contributed by atoms with Crippen molar-refractivity contribution in [3.63, 3.8) is 0 Å². The summed E-state index contributed by atoms with van der Waals surface area (Å²) >= 11 is 0. The SMILES string of the molecule is CN1CC[C@@H](N(C)C(=O)Nc2cc(Oc3ccc(N)cc3F)ncn2)C1. The fourth-order valence-electron chi connectivity index (χ4n) is 2.77. The molecule has 1 aliphatic rings. The van der Waals surface area contributed by atoms with Crippen LogP contribution >= 0.6 is 0 Å². The molecule has 1 saturated heterocycles. The molecule has 1 aliphatic heterocycles.